The van der Waals surface area contributed by atoms with Crippen molar-refractivity contribution in [1.29, 1.82) is 0 Å². The van der Waals surface area contributed by atoms with Crippen molar-refractivity contribution in [3.05, 3.63) is 70.3 Å². The lowest BCUT2D eigenvalue weighted by Gasteiger charge is -2.14. The highest BCUT2D eigenvalue weighted by Gasteiger charge is 2.26. The summed E-state index contributed by atoms with van der Waals surface area (Å²) in [6.45, 7) is 2.03. The number of nitrogens with zero attached hydrogens (tertiary/aromatic N) is 4. The van der Waals surface area contributed by atoms with Crippen LogP contribution in [0, 0.1) is 0 Å². The summed E-state index contributed by atoms with van der Waals surface area (Å²) in [6.07, 6.45) is 3.52. The Morgan fingerprint density at radius 2 is 2.04 bits per heavy atom. The molecule has 1 atom stereocenters. The number of hydrogen-bond acceptors (Lipinski definition) is 4. The maximum Gasteiger partial charge on any atom is 0.218 e. The second-order valence-electron chi connectivity index (χ2n) is 5.52. The number of aliphatic imine (C=N–C) groups is 1. The van der Waals surface area contributed by atoms with E-state index in [4.69, 9.17) is 9.73 Å². The number of hydrogen-bond donors (Lipinski definition) is 0. The molecule has 0 radical (unpaired) electrons. The lowest BCUT2D eigenvalue weighted by atomic mass is 10.0. The highest BCUT2D eigenvalue weighted by molar-refractivity contribution is 9.10. The molecule has 3 aromatic rings. The van der Waals surface area contributed by atoms with Crippen LogP contribution in [0.25, 0.3) is 5.69 Å². The van der Waals surface area contributed by atoms with E-state index in [1.165, 1.54) is 0 Å². The summed E-state index contributed by atoms with van der Waals surface area (Å²) in [7, 11) is 1.65. The molecule has 0 bridgehead atoms. The molecule has 3 heterocycles. The number of halogens is 1. The number of pyridine rings is 1. The van der Waals surface area contributed by atoms with Gasteiger partial charge in [-0.05, 0) is 37.3 Å². The first kappa shape index (κ1) is 15.1. The van der Waals surface area contributed by atoms with Gasteiger partial charge in [-0.1, -0.05) is 22.0 Å². The number of methoxy groups -OCH3 is 1. The highest BCUT2D eigenvalue weighted by atomic mass is 79.9. The summed E-state index contributed by atoms with van der Waals surface area (Å²) in [5.74, 6) is 1.54. The van der Waals surface area contributed by atoms with Crippen molar-refractivity contribution in [1.82, 2.24) is 14.5 Å². The van der Waals surface area contributed by atoms with E-state index in [1.54, 1.807) is 19.5 Å². The summed E-state index contributed by atoms with van der Waals surface area (Å²) in [5, 5.41) is 0. The van der Waals surface area contributed by atoms with Crippen LogP contribution in [0.15, 0.2) is 58.3 Å². The molecule has 0 saturated carbocycles. The van der Waals surface area contributed by atoms with Gasteiger partial charge >= 0.3 is 0 Å². The molecule has 0 aliphatic carbocycles. The van der Waals surface area contributed by atoms with Gasteiger partial charge in [-0.3, -0.25) is 14.5 Å². The molecule has 4 rings (SSSR count). The lowest BCUT2D eigenvalue weighted by molar-refractivity contribution is 0.387. The molecule has 0 N–H and O–H groups in total. The van der Waals surface area contributed by atoms with E-state index in [-0.39, 0.29) is 6.04 Å². The third-order valence-electron chi connectivity index (χ3n) is 4.02. The Balaban J connectivity index is 2.04. The minimum Gasteiger partial charge on any atom is -0.481 e. The first-order chi connectivity index (χ1) is 11.7. The fourth-order valence-corrected chi connectivity index (χ4v) is 3.31. The second-order valence-corrected chi connectivity index (χ2v) is 6.44. The van der Waals surface area contributed by atoms with Crippen LogP contribution in [0.1, 0.15) is 30.0 Å². The molecular formula is C18H15BrN4O. The van der Waals surface area contributed by atoms with E-state index in [9.17, 15) is 0 Å². The molecule has 1 aromatic carbocycles. The molecule has 0 unspecified atom stereocenters. The standard InChI is InChI=1S/C18H15BrN4O/c1-11-18-21-10-16(24-2)23(18)15-7-6-12(19)9-13(15)17(22-11)14-5-3-4-8-20-14/h3-11H,1-2H3/t11-/m0/s1. The second kappa shape index (κ2) is 5.87. The third-order valence-corrected chi connectivity index (χ3v) is 4.52. The highest BCUT2D eigenvalue weighted by Crippen LogP contribution is 2.34. The van der Waals surface area contributed by atoms with Gasteiger partial charge in [0, 0.05) is 16.2 Å². The van der Waals surface area contributed by atoms with Gasteiger partial charge in [0.25, 0.3) is 0 Å². The average Bonchev–Trinajstić information content (AvgIpc) is 2.99. The van der Waals surface area contributed by atoms with Gasteiger partial charge < -0.3 is 4.74 Å². The normalized spacial score (nSPS) is 16.0. The summed E-state index contributed by atoms with van der Waals surface area (Å²) >= 11 is 3.57. The first-order valence-electron chi connectivity index (χ1n) is 7.60. The number of fused-ring (bicyclic) bond motifs is 3. The minimum absolute atomic E-state index is 0.114. The quantitative estimate of drug-likeness (QED) is 0.674. The maximum absolute atomic E-state index is 5.51. The van der Waals surface area contributed by atoms with Crippen molar-refractivity contribution >= 4 is 21.6 Å². The summed E-state index contributed by atoms with van der Waals surface area (Å²) in [5.41, 5.74) is 3.67. The van der Waals surface area contributed by atoms with Crippen LogP contribution in [0.3, 0.4) is 0 Å². The Morgan fingerprint density at radius 3 is 2.79 bits per heavy atom. The van der Waals surface area contributed by atoms with Crippen molar-refractivity contribution in [3.8, 4) is 11.6 Å². The number of aromatic nitrogens is 3. The van der Waals surface area contributed by atoms with Crippen LogP contribution in [-0.2, 0) is 0 Å². The van der Waals surface area contributed by atoms with E-state index in [0.29, 0.717) is 5.88 Å². The Hall–Kier alpha value is -2.47. The van der Waals surface area contributed by atoms with Crippen molar-refractivity contribution in [2.45, 2.75) is 13.0 Å². The SMILES string of the molecule is COc1cnc2n1-c1ccc(Br)cc1C(c1ccccn1)=N[C@H]2C. The number of benzene rings is 1. The minimum atomic E-state index is -0.114. The maximum atomic E-state index is 5.51. The largest absolute Gasteiger partial charge is 0.481 e. The molecule has 6 heteroatoms. The van der Waals surface area contributed by atoms with Crippen molar-refractivity contribution < 1.29 is 4.74 Å². The zero-order valence-corrected chi connectivity index (χ0v) is 14.9. The molecule has 0 amide bonds. The Labute approximate surface area is 148 Å². The lowest BCUT2D eigenvalue weighted by Crippen LogP contribution is -2.09. The molecule has 0 spiro atoms. The van der Waals surface area contributed by atoms with E-state index >= 15 is 0 Å². The molecule has 0 fully saturated rings. The van der Waals surface area contributed by atoms with E-state index in [1.807, 2.05) is 41.8 Å². The van der Waals surface area contributed by atoms with E-state index in [2.05, 4.69) is 32.0 Å². The fourth-order valence-electron chi connectivity index (χ4n) is 2.95. The predicted molar refractivity (Wildman–Crippen MR) is 96.1 cm³/mol. The number of ether oxygens (including phenoxy) is 1. The van der Waals surface area contributed by atoms with Gasteiger partial charge in [0.2, 0.25) is 5.88 Å². The van der Waals surface area contributed by atoms with Crippen molar-refractivity contribution in [2.75, 3.05) is 7.11 Å². The zero-order valence-electron chi connectivity index (χ0n) is 13.3. The summed E-state index contributed by atoms with van der Waals surface area (Å²) in [4.78, 5) is 13.9. The summed E-state index contributed by atoms with van der Waals surface area (Å²) < 4.78 is 8.51. The zero-order chi connectivity index (χ0) is 16.7. The van der Waals surface area contributed by atoms with Crippen LogP contribution in [0.4, 0.5) is 0 Å². The molecule has 24 heavy (non-hydrogen) atoms. The van der Waals surface area contributed by atoms with E-state index < -0.39 is 0 Å². The smallest absolute Gasteiger partial charge is 0.218 e. The number of rotatable bonds is 2. The Bertz CT molecular complexity index is 933. The first-order valence-corrected chi connectivity index (χ1v) is 8.39. The van der Waals surface area contributed by atoms with Crippen LogP contribution in [-0.4, -0.2) is 27.4 Å². The fraction of sp³-hybridized carbons (Fsp3) is 0.167. The molecule has 2 aromatic heterocycles. The predicted octanol–water partition coefficient (Wildman–Crippen LogP) is 3.95. The topological polar surface area (TPSA) is 52.3 Å². The monoisotopic (exact) mass is 382 g/mol. The Morgan fingerprint density at radius 1 is 1.17 bits per heavy atom. The van der Waals surface area contributed by atoms with Crippen LogP contribution in [0.2, 0.25) is 0 Å². The Kier molecular flexibility index (Phi) is 3.69. The van der Waals surface area contributed by atoms with Gasteiger partial charge in [0.15, 0.2) is 0 Å². The summed E-state index contributed by atoms with van der Waals surface area (Å²) in [6, 6.07) is 11.8. The van der Waals surface area contributed by atoms with Gasteiger partial charge in [0.1, 0.15) is 11.9 Å². The third kappa shape index (κ3) is 2.34. The van der Waals surface area contributed by atoms with Crippen molar-refractivity contribution in [2.24, 2.45) is 4.99 Å². The van der Waals surface area contributed by atoms with Gasteiger partial charge in [-0.15, -0.1) is 0 Å². The molecule has 0 saturated heterocycles. The molecule has 5 nitrogen and oxygen atoms in total. The van der Waals surface area contributed by atoms with Gasteiger partial charge in [0.05, 0.1) is 30.4 Å². The van der Waals surface area contributed by atoms with Gasteiger partial charge in [-0.2, -0.15) is 0 Å². The molecule has 1 aliphatic rings. The molecule has 120 valence electrons. The molecule has 1 aliphatic heterocycles. The van der Waals surface area contributed by atoms with Crippen LogP contribution >= 0.6 is 15.9 Å². The van der Waals surface area contributed by atoms with Crippen molar-refractivity contribution in [3.63, 3.8) is 0 Å². The van der Waals surface area contributed by atoms with Gasteiger partial charge in [-0.25, -0.2) is 4.98 Å². The number of imidazole rings is 1. The van der Waals surface area contributed by atoms with Crippen LogP contribution in [0.5, 0.6) is 5.88 Å². The average molecular weight is 383 g/mol. The molecular weight excluding hydrogens is 368 g/mol. The van der Waals surface area contributed by atoms with Crippen LogP contribution < -0.4 is 4.74 Å². The van der Waals surface area contributed by atoms with E-state index in [0.717, 1.165) is 33.0 Å².